The quantitative estimate of drug-likeness (QED) is 0.752. The molecule has 0 spiro atoms. The lowest BCUT2D eigenvalue weighted by Gasteiger charge is -2.11. The molecule has 7 nitrogen and oxygen atoms in total. The zero-order valence-corrected chi connectivity index (χ0v) is 15.2. The summed E-state index contributed by atoms with van der Waals surface area (Å²) in [6, 6.07) is 7.98. The van der Waals surface area contributed by atoms with Gasteiger partial charge in [0.15, 0.2) is 6.61 Å². The van der Waals surface area contributed by atoms with E-state index < -0.39 is 45.8 Å². The lowest BCUT2D eigenvalue weighted by Crippen LogP contribution is -2.23. The van der Waals surface area contributed by atoms with Gasteiger partial charge in [-0.15, -0.1) is 0 Å². The first-order valence-electron chi connectivity index (χ1n) is 7.56. The van der Waals surface area contributed by atoms with Gasteiger partial charge in [-0.25, -0.2) is 26.3 Å². The number of hydrogen-bond donors (Lipinski definition) is 1. The van der Waals surface area contributed by atoms with Gasteiger partial charge in [-0.1, -0.05) is 6.07 Å². The molecule has 0 aliphatic heterocycles. The van der Waals surface area contributed by atoms with Crippen molar-refractivity contribution in [2.45, 2.75) is 4.90 Å². The number of para-hydroxylation sites is 1. The monoisotopic (exact) mass is 398 g/mol. The molecule has 2 aromatic rings. The van der Waals surface area contributed by atoms with E-state index in [1.165, 1.54) is 38.4 Å². The molecule has 27 heavy (non-hydrogen) atoms. The minimum absolute atomic E-state index is 0.0116. The van der Waals surface area contributed by atoms with Crippen LogP contribution >= 0.6 is 0 Å². The Bertz CT molecular complexity index is 940. The molecule has 0 saturated carbocycles. The van der Waals surface area contributed by atoms with Crippen LogP contribution in [0.15, 0.2) is 47.4 Å². The lowest BCUT2D eigenvalue weighted by atomic mass is 10.2. The van der Waals surface area contributed by atoms with E-state index in [0.29, 0.717) is 0 Å². The van der Waals surface area contributed by atoms with Gasteiger partial charge < -0.3 is 10.1 Å². The van der Waals surface area contributed by atoms with Gasteiger partial charge in [0.1, 0.15) is 17.3 Å². The average molecular weight is 398 g/mol. The van der Waals surface area contributed by atoms with Crippen LogP contribution in [-0.2, 0) is 19.6 Å². The molecule has 0 radical (unpaired) electrons. The highest BCUT2D eigenvalue weighted by Gasteiger charge is 2.18. The molecule has 2 aromatic carbocycles. The molecule has 0 fully saturated rings. The SMILES string of the molecule is CN(C)S(=O)(=O)c1ccc(C(=O)OCC(=O)Nc2c(F)cccc2F)cc1. The molecule has 1 amide bonds. The Morgan fingerprint density at radius 2 is 1.59 bits per heavy atom. The minimum atomic E-state index is -3.64. The summed E-state index contributed by atoms with van der Waals surface area (Å²) in [7, 11) is -0.903. The second kappa shape index (κ2) is 8.23. The molecule has 1 N–H and O–H groups in total. The van der Waals surface area contributed by atoms with Crippen LogP contribution in [0, 0.1) is 11.6 Å². The number of esters is 1. The van der Waals surface area contributed by atoms with Crippen molar-refractivity contribution < 1.29 is 31.5 Å². The Hall–Kier alpha value is -2.85. The number of sulfonamides is 1. The predicted molar refractivity (Wildman–Crippen MR) is 92.6 cm³/mol. The summed E-state index contributed by atoms with van der Waals surface area (Å²) in [5.74, 6) is -3.76. The summed E-state index contributed by atoms with van der Waals surface area (Å²) in [5, 5.41) is 1.98. The van der Waals surface area contributed by atoms with E-state index in [4.69, 9.17) is 4.74 Å². The van der Waals surface area contributed by atoms with Crippen LogP contribution in [-0.4, -0.2) is 45.3 Å². The van der Waals surface area contributed by atoms with E-state index in [1.54, 1.807) is 0 Å². The fourth-order valence-corrected chi connectivity index (χ4v) is 2.88. The number of rotatable bonds is 6. The van der Waals surface area contributed by atoms with Crippen molar-refractivity contribution >= 4 is 27.6 Å². The van der Waals surface area contributed by atoms with Crippen LogP contribution in [0.2, 0.25) is 0 Å². The molecule has 0 aromatic heterocycles. The Labute approximate surface area is 154 Å². The van der Waals surface area contributed by atoms with Crippen LogP contribution < -0.4 is 5.32 Å². The predicted octanol–water partition coefficient (Wildman–Crippen LogP) is 2.01. The summed E-state index contributed by atoms with van der Waals surface area (Å²) in [5.41, 5.74) is -0.630. The zero-order chi connectivity index (χ0) is 20.2. The van der Waals surface area contributed by atoms with Crippen molar-refractivity contribution in [1.82, 2.24) is 4.31 Å². The molecular formula is C17H16F2N2O5S. The van der Waals surface area contributed by atoms with Crippen molar-refractivity contribution in [1.29, 1.82) is 0 Å². The van der Waals surface area contributed by atoms with Crippen molar-refractivity contribution in [3.05, 3.63) is 59.7 Å². The lowest BCUT2D eigenvalue weighted by molar-refractivity contribution is -0.119. The van der Waals surface area contributed by atoms with Gasteiger partial charge in [-0.05, 0) is 36.4 Å². The van der Waals surface area contributed by atoms with E-state index >= 15 is 0 Å². The number of nitrogens with one attached hydrogen (secondary N) is 1. The molecule has 0 heterocycles. The Morgan fingerprint density at radius 3 is 2.11 bits per heavy atom. The summed E-state index contributed by atoms with van der Waals surface area (Å²) in [6.07, 6.45) is 0. The van der Waals surface area contributed by atoms with Gasteiger partial charge >= 0.3 is 5.97 Å². The molecule has 0 aliphatic carbocycles. The van der Waals surface area contributed by atoms with E-state index in [1.807, 2.05) is 5.32 Å². The molecule has 0 bridgehead atoms. The van der Waals surface area contributed by atoms with Gasteiger partial charge in [-0.3, -0.25) is 4.79 Å². The van der Waals surface area contributed by atoms with Crippen molar-refractivity contribution in [3.8, 4) is 0 Å². The van der Waals surface area contributed by atoms with Gasteiger partial charge in [-0.2, -0.15) is 0 Å². The number of ether oxygens (including phenoxy) is 1. The van der Waals surface area contributed by atoms with E-state index in [2.05, 4.69) is 0 Å². The largest absolute Gasteiger partial charge is 0.452 e. The highest BCUT2D eigenvalue weighted by Crippen LogP contribution is 2.18. The van der Waals surface area contributed by atoms with Crippen LogP contribution in [0.4, 0.5) is 14.5 Å². The number of amides is 1. The number of carbonyl (C=O) groups excluding carboxylic acids is 2. The molecular weight excluding hydrogens is 382 g/mol. The maximum atomic E-state index is 13.5. The van der Waals surface area contributed by atoms with E-state index in [-0.39, 0.29) is 10.5 Å². The highest BCUT2D eigenvalue weighted by atomic mass is 32.2. The minimum Gasteiger partial charge on any atom is -0.452 e. The Morgan fingerprint density at radius 1 is 1.04 bits per heavy atom. The van der Waals surface area contributed by atoms with Crippen LogP contribution in [0.3, 0.4) is 0 Å². The third kappa shape index (κ3) is 4.86. The Balaban J connectivity index is 1.98. The summed E-state index contributed by atoms with van der Waals surface area (Å²) < 4.78 is 56.6. The Kier molecular flexibility index (Phi) is 6.24. The molecule has 0 unspecified atom stereocenters. The van der Waals surface area contributed by atoms with Crippen LogP contribution in [0.5, 0.6) is 0 Å². The maximum Gasteiger partial charge on any atom is 0.338 e. The van der Waals surface area contributed by atoms with Crippen LogP contribution in [0.1, 0.15) is 10.4 Å². The second-order valence-corrected chi connectivity index (χ2v) is 7.68. The number of nitrogens with zero attached hydrogens (tertiary/aromatic N) is 1. The summed E-state index contributed by atoms with van der Waals surface area (Å²) in [4.78, 5) is 23.6. The maximum absolute atomic E-state index is 13.5. The molecule has 0 saturated heterocycles. The smallest absolute Gasteiger partial charge is 0.338 e. The fraction of sp³-hybridized carbons (Fsp3) is 0.176. The number of hydrogen-bond acceptors (Lipinski definition) is 5. The third-order valence-electron chi connectivity index (χ3n) is 3.43. The fourth-order valence-electron chi connectivity index (χ4n) is 1.98. The molecule has 0 atom stereocenters. The molecule has 144 valence electrons. The first kappa shape index (κ1) is 20.5. The molecule has 2 rings (SSSR count). The normalized spacial score (nSPS) is 11.3. The first-order chi connectivity index (χ1) is 12.6. The number of anilines is 1. The van der Waals surface area contributed by atoms with Gasteiger partial charge in [0.2, 0.25) is 10.0 Å². The van der Waals surface area contributed by atoms with E-state index in [9.17, 15) is 26.8 Å². The molecule has 0 aliphatic rings. The van der Waals surface area contributed by atoms with Gasteiger partial charge in [0.05, 0.1) is 10.5 Å². The van der Waals surface area contributed by atoms with Gasteiger partial charge in [0, 0.05) is 14.1 Å². The van der Waals surface area contributed by atoms with E-state index in [0.717, 1.165) is 22.5 Å². The highest BCUT2D eigenvalue weighted by molar-refractivity contribution is 7.89. The second-order valence-electron chi connectivity index (χ2n) is 5.53. The number of halogens is 2. The third-order valence-corrected chi connectivity index (χ3v) is 5.26. The van der Waals surface area contributed by atoms with Crippen LogP contribution in [0.25, 0.3) is 0 Å². The standard InChI is InChI=1S/C17H16F2N2O5S/c1-21(2)27(24,25)12-8-6-11(7-9-12)17(23)26-10-15(22)20-16-13(18)4-3-5-14(16)19/h3-9H,10H2,1-2H3,(H,20,22). The number of carbonyl (C=O) groups is 2. The topological polar surface area (TPSA) is 92.8 Å². The van der Waals surface area contributed by atoms with Gasteiger partial charge in [0.25, 0.3) is 5.91 Å². The average Bonchev–Trinajstić information content (AvgIpc) is 2.63. The van der Waals surface area contributed by atoms with Crippen molar-refractivity contribution in [3.63, 3.8) is 0 Å². The van der Waals surface area contributed by atoms with Crippen molar-refractivity contribution in [2.75, 3.05) is 26.0 Å². The summed E-state index contributed by atoms with van der Waals surface area (Å²) in [6.45, 7) is -0.773. The zero-order valence-electron chi connectivity index (χ0n) is 14.4. The molecule has 10 heteroatoms. The first-order valence-corrected chi connectivity index (χ1v) is 9.00. The summed E-state index contributed by atoms with van der Waals surface area (Å²) >= 11 is 0. The number of benzene rings is 2. The van der Waals surface area contributed by atoms with Crippen molar-refractivity contribution in [2.24, 2.45) is 0 Å².